The molecule has 0 atom stereocenters. The average Bonchev–Trinajstić information content (AvgIpc) is 3.03. The van der Waals surface area contributed by atoms with E-state index in [0.29, 0.717) is 6.67 Å². The summed E-state index contributed by atoms with van der Waals surface area (Å²) in [5, 5.41) is 4.44. The summed E-state index contributed by atoms with van der Waals surface area (Å²) in [6.07, 6.45) is 7.28. The summed E-state index contributed by atoms with van der Waals surface area (Å²) in [7, 11) is 0. The molecule has 0 bridgehead atoms. The third-order valence-electron chi connectivity index (χ3n) is 4.47. The van der Waals surface area contributed by atoms with Crippen molar-refractivity contribution in [2.24, 2.45) is 0 Å². The van der Waals surface area contributed by atoms with Crippen molar-refractivity contribution in [2.75, 3.05) is 11.4 Å². The van der Waals surface area contributed by atoms with Crippen molar-refractivity contribution < 1.29 is 4.39 Å². The van der Waals surface area contributed by atoms with Crippen LogP contribution in [-0.4, -0.2) is 21.3 Å². The maximum Gasteiger partial charge on any atom is 0.147 e. The largest absolute Gasteiger partial charge is 0.349 e. The summed E-state index contributed by atoms with van der Waals surface area (Å²) in [5.74, 6) is -0.137. The van der Waals surface area contributed by atoms with Crippen LogP contribution in [0.15, 0.2) is 48.9 Å². The normalized spacial score (nSPS) is 13.8. The predicted octanol–water partition coefficient (Wildman–Crippen LogP) is 3.80. The number of aromatic nitrogens is 3. The first-order chi connectivity index (χ1) is 11.7. The highest BCUT2D eigenvalue weighted by Gasteiger charge is 2.22. The van der Waals surface area contributed by atoms with Gasteiger partial charge in [0.2, 0.25) is 0 Å². The smallest absolute Gasteiger partial charge is 0.147 e. The van der Waals surface area contributed by atoms with E-state index in [4.69, 9.17) is 0 Å². The van der Waals surface area contributed by atoms with E-state index in [9.17, 15) is 4.39 Å². The van der Waals surface area contributed by atoms with Gasteiger partial charge in [-0.25, -0.2) is 9.07 Å². The molecule has 24 heavy (non-hydrogen) atoms. The molecular formula is C19H19FN4. The van der Waals surface area contributed by atoms with Crippen LogP contribution in [0.25, 0.3) is 11.3 Å². The Balaban J connectivity index is 1.68. The Morgan fingerprint density at radius 2 is 1.96 bits per heavy atom. The number of rotatable bonds is 3. The minimum absolute atomic E-state index is 0.137. The van der Waals surface area contributed by atoms with Crippen molar-refractivity contribution >= 4 is 5.69 Å². The molecule has 0 aliphatic carbocycles. The molecule has 5 heteroatoms. The first-order valence-electron chi connectivity index (χ1n) is 8.18. The zero-order chi connectivity index (χ0) is 16.5. The summed E-state index contributed by atoms with van der Waals surface area (Å²) >= 11 is 0. The number of pyridine rings is 1. The quantitative estimate of drug-likeness (QED) is 0.735. The number of aryl methyl sites for hydroxylation is 2. The molecule has 3 heterocycles. The van der Waals surface area contributed by atoms with Crippen molar-refractivity contribution in [1.29, 1.82) is 0 Å². The van der Waals surface area contributed by atoms with Gasteiger partial charge in [0, 0.05) is 30.7 Å². The highest BCUT2D eigenvalue weighted by molar-refractivity contribution is 5.60. The van der Waals surface area contributed by atoms with Crippen molar-refractivity contribution in [3.05, 3.63) is 65.9 Å². The second-order valence-corrected chi connectivity index (χ2v) is 6.21. The number of anilines is 1. The SMILES string of the molecule is Cc1cc(F)c2c(c1)CCCN2Cn1nccc1-c1ccncc1. The van der Waals surface area contributed by atoms with E-state index >= 15 is 0 Å². The van der Waals surface area contributed by atoms with Crippen molar-refractivity contribution in [3.8, 4) is 11.3 Å². The Morgan fingerprint density at radius 3 is 2.79 bits per heavy atom. The molecule has 1 aliphatic heterocycles. The molecule has 0 amide bonds. The molecule has 0 saturated heterocycles. The highest BCUT2D eigenvalue weighted by atomic mass is 19.1. The van der Waals surface area contributed by atoms with E-state index in [0.717, 1.165) is 47.5 Å². The number of benzene rings is 1. The van der Waals surface area contributed by atoms with E-state index in [1.165, 1.54) is 0 Å². The second kappa shape index (κ2) is 6.07. The lowest BCUT2D eigenvalue weighted by Crippen LogP contribution is -2.33. The minimum Gasteiger partial charge on any atom is -0.349 e. The lowest BCUT2D eigenvalue weighted by atomic mass is 9.99. The van der Waals surface area contributed by atoms with Gasteiger partial charge in [-0.3, -0.25) is 4.98 Å². The van der Waals surface area contributed by atoms with Gasteiger partial charge in [0.05, 0.1) is 11.4 Å². The summed E-state index contributed by atoms with van der Waals surface area (Å²) in [5.41, 5.74) is 4.87. The molecular weight excluding hydrogens is 303 g/mol. The molecule has 0 saturated carbocycles. The van der Waals surface area contributed by atoms with Crippen LogP contribution in [0.1, 0.15) is 17.5 Å². The van der Waals surface area contributed by atoms with Crippen molar-refractivity contribution in [1.82, 2.24) is 14.8 Å². The van der Waals surface area contributed by atoms with Gasteiger partial charge < -0.3 is 4.90 Å². The zero-order valence-electron chi connectivity index (χ0n) is 13.6. The number of hydrogen-bond acceptors (Lipinski definition) is 3. The summed E-state index contributed by atoms with van der Waals surface area (Å²) in [4.78, 5) is 6.15. The molecule has 2 aromatic heterocycles. The minimum atomic E-state index is -0.137. The first kappa shape index (κ1) is 14.9. The van der Waals surface area contributed by atoms with Gasteiger partial charge in [-0.1, -0.05) is 6.07 Å². The molecule has 4 nitrogen and oxygen atoms in total. The Kier molecular flexibility index (Phi) is 3.76. The Hall–Kier alpha value is -2.69. The lowest BCUT2D eigenvalue weighted by molar-refractivity contribution is 0.534. The second-order valence-electron chi connectivity index (χ2n) is 6.21. The average molecular weight is 322 g/mol. The van der Waals surface area contributed by atoms with Crippen LogP contribution in [0.3, 0.4) is 0 Å². The molecule has 1 aliphatic rings. The molecule has 3 aromatic rings. The third kappa shape index (κ3) is 2.66. The van der Waals surface area contributed by atoms with Gasteiger partial charge in [0.25, 0.3) is 0 Å². The molecule has 0 N–H and O–H groups in total. The predicted molar refractivity (Wildman–Crippen MR) is 92.3 cm³/mol. The lowest BCUT2D eigenvalue weighted by Gasteiger charge is -2.32. The Bertz CT molecular complexity index is 857. The molecule has 122 valence electrons. The van der Waals surface area contributed by atoms with Crippen molar-refractivity contribution in [2.45, 2.75) is 26.4 Å². The monoisotopic (exact) mass is 322 g/mol. The van der Waals surface area contributed by atoms with Gasteiger partial charge in [0.15, 0.2) is 0 Å². The molecule has 0 spiro atoms. The molecule has 1 aromatic carbocycles. The van der Waals surface area contributed by atoms with E-state index in [1.54, 1.807) is 24.7 Å². The Morgan fingerprint density at radius 1 is 1.12 bits per heavy atom. The first-order valence-corrected chi connectivity index (χ1v) is 8.18. The van der Waals surface area contributed by atoms with Crippen molar-refractivity contribution in [3.63, 3.8) is 0 Å². The van der Waals surface area contributed by atoms with Crippen LogP contribution in [0.5, 0.6) is 0 Å². The maximum absolute atomic E-state index is 14.6. The highest BCUT2D eigenvalue weighted by Crippen LogP contribution is 2.32. The molecule has 4 rings (SSSR count). The van der Waals surface area contributed by atoms with Crippen LogP contribution in [0.4, 0.5) is 10.1 Å². The van der Waals surface area contributed by atoms with Gasteiger partial charge in [-0.05, 0) is 55.2 Å². The van der Waals surface area contributed by atoms with Crippen LogP contribution in [0, 0.1) is 12.7 Å². The van der Waals surface area contributed by atoms with E-state index < -0.39 is 0 Å². The molecule has 0 unspecified atom stereocenters. The molecule has 0 fully saturated rings. The maximum atomic E-state index is 14.6. The van der Waals surface area contributed by atoms with Crippen LogP contribution < -0.4 is 4.90 Å². The topological polar surface area (TPSA) is 34.0 Å². The fraction of sp³-hybridized carbons (Fsp3) is 0.263. The summed E-state index contributed by atoms with van der Waals surface area (Å²) < 4.78 is 16.5. The summed E-state index contributed by atoms with van der Waals surface area (Å²) in [6, 6.07) is 9.61. The van der Waals surface area contributed by atoms with Gasteiger partial charge in [-0.15, -0.1) is 0 Å². The van der Waals surface area contributed by atoms with Crippen LogP contribution in [-0.2, 0) is 13.1 Å². The fourth-order valence-electron chi connectivity index (χ4n) is 3.44. The van der Waals surface area contributed by atoms with Crippen LogP contribution in [0.2, 0.25) is 0 Å². The van der Waals surface area contributed by atoms with E-state index in [1.807, 2.05) is 29.8 Å². The summed E-state index contributed by atoms with van der Waals surface area (Å²) in [6.45, 7) is 3.32. The van der Waals surface area contributed by atoms with Gasteiger partial charge in [0.1, 0.15) is 12.5 Å². The number of fused-ring (bicyclic) bond motifs is 1. The fourth-order valence-corrected chi connectivity index (χ4v) is 3.44. The van der Waals surface area contributed by atoms with E-state index in [-0.39, 0.29) is 5.82 Å². The van der Waals surface area contributed by atoms with Crippen LogP contribution >= 0.6 is 0 Å². The number of nitrogens with zero attached hydrogens (tertiary/aromatic N) is 4. The van der Waals surface area contributed by atoms with E-state index in [2.05, 4.69) is 21.0 Å². The standard InChI is InChI=1S/C19H19FN4/c1-14-11-16-3-2-10-23(19(16)17(20)12-14)13-24-18(6-9-22-24)15-4-7-21-8-5-15/h4-9,11-12H,2-3,10,13H2,1H3. The molecule has 0 radical (unpaired) electrons. The zero-order valence-corrected chi connectivity index (χ0v) is 13.6. The van der Waals surface area contributed by atoms with Gasteiger partial charge >= 0.3 is 0 Å². The Labute approximate surface area is 140 Å². The van der Waals surface area contributed by atoms with Gasteiger partial charge in [-0.2, -0.15) is 5.10 Å². The number of hydrogen-bond donors (Lipinski definition) is 0. The number of halogens is 1. The third-order valence-corrected chi connectivity index (χ3v) is 4.47.